The van der Waals surface area contributed by atoms with E-state index in [0.717, 1.165) is 30.2 Å². The van der Waals surface area contributed by atoms with E-state index in [-0.39, 0.29) is 11.2 Å². The monoisotopic (exact) mass is 404 g/mol. The summed E-state index contributed by atoms with van der Waals surface area (Å²) in [7, 11) is 0. The van der Waals surface area contributed by atoms with Gasteiger partial charge in [-0.25, -0.2) is 0 Å². The average Bonchev–Trinajstić information content (AvgIpc) is 3.32. The minimum atomic E-state index is -0.149. The predicted octanol–water partition coefficient (Wildman–Crippen LogP) is 4.58. The number of nitrogens with zero attached hydrogens (tertiary/aromatic N) is 3. The molecule has 4 rings (SSSR count). The van der Waals surface area contributed by atoms with Crippen LogP contribution in [0.5, 0.6) is 0 Å². The Bertz CT molecular complexity index is 746. The third kappa shape index (κ3) is 4.93. The molecule has 2 aromatic heterocycles. The van der Waals surface area contributed by atoms with Crippen LogP contribution in [0.1, 0.15) is 75.0 Å². The van der Waals surface area contributed by atoms with E-state index in [4.69, 9.17) is 0 Å². The summed E-state index contributed by atoms with van der Waals surface area (Å²) in [5.41, 5.74) is 0. The fraction of sp³-hybridized carbons (Fsp3) is 0.650. The molecule has 146 valence electrons. The van der Waals surface area contributed by atoms with Crippen molar-refractivity contribution in [3.05, 3.63) is 28.2 Å². The van der Waals surface area contributed by atoms with Crippen LogP contribution in [0.4, 0.5) is 0 Å². The molecule has 2 fully saturated rings. The van der Waals surface area contributed by atoms with Gasteiger partial charge in [0.15, 0.2) is 5.16 Å². The number of nitrogens with one attached hydrogen (secondary N) is 1. The molecular formula is C20H28N4OS2. The van der Waals surface area contributed by atoms with Crippen LogP contribution in [-0.2, 0) is 11.2 Å². The molecule has 0 aromatic carbocycles. The highest BCUT2D eigenvalue weighted by Crippen LogP contribution is 2.40. The molecule has 0 spiro atoms. The molecule has 0 unspecified atom stereocenters. The second kappa shape index (κ2) is 8.78. The first-order valence-corrected chi connectivity index (χ1v) is 11.9. The van der Waals surface area contributed by atoms with E-state index < -0.39 is 0 Å². The first-order chi connectivity index (χ1) is 13.2. The first-order valence-electron chi connectivity index (χ1n) is 10.1. The maximum absolute atomic E-state index is 12.7. The van der Waals surface area contributed by atoms with Gasteiger partial charge in [-0.15, -0.1) is 21.5 Å². The molecule has 0 saturated heterocycles. The Labute approximate surface area is 169 Å². The minimum Gasteiger partial charge on any atom is -0.352 e. The van der Waals surface area contributed by atoms with Crippen molar-refractivity contribution in [2.24, 2.45) is 0 Å². The molecule has 7 heteroatoms. The summed E-state index contributed by atoms with van der Waals surface area (Å²) in [5.74, 6) is 1.16. The highest BCUT2D eigenvalue weighted by molar-refractivity contribution is 8.00. The maximum atomic E-state index is 12.7. The Kier molecular flexibility index (Phi) is 6.18. The van der Waals surface area contributed by atoms with Gasteiger partial charge in [-0.05, 0) is 44.1 Å². The third-order valence-corrected chi connectivity index (χ3v) is 7.35. The summed E-state index contributed by atoms with van der Waals surface area (Å²) in [5, 5.41) is 15.0. The van der Waals surface area contributed by atoms with Crippen molar-refractivity contribution in [2.45, 2.75) is 87.2 Å². The number of hydrogen-bond donors (Lipinski definition) is 1. The highest BCUT2D eigenvalue weighted by atomic mass is 32.2. The van der Waals surface area contributed by atoms with Crippen LogP contribution in [0.2, 0.25) is 0 Å². The topological polar surface area (TPSA) is 59.8 Å². The largest absolute Gasteiger partial charge is 0.352 e. The summed E-state index contributed by atoms with van der Waals surface area (Å²) in [6.07, 6.45) is 10.5. The highest BCUT2D eigenvalue weighted by Gasteiger charge is 2.31. The molecule has 0 radical (unpaired) electrons. The van der Waals surface area contributed by atoms with E-state index in [1.165, 1.54) is 43.4 Å². The van der Waals surface area contributed by atoms with Crippen LogP contribution in [0.15, 0.2) is 22.7 Å². The smallest absolute Gasteiger partial charge is 0.233 e. The van der Waals surface area contributed by atoms with Gasteiger partial charge in [0, 0.05) is 23.4 Å². The second-order valence-corrected chi connectivity index (χ2v) is 10.1. The van der Waals surface area contributed by atoms with Gasteiger partial charge in [0.2, 0.25) is 5.91 Å². The van der Waals surface area contributed by atoms with Crippen molar-refractivity contribution in [1.82, 2.24) is 20.1 Å². The lowest BCUT2D eigenvalue weighted by molar-refractivity contribution is -0.121. The van der Waals surface area contributed by atoms with E-state index in [1.807, 2.05) is 6.92 Å². The van der Waals surface area contributed by atoms with Crippen molar-refractivity contribution in [2.75, 3.05) is 0 Å². The van der Waals surface area contributed by atoms with Gasteiger partial charge >= 0.3 is 0 Å². The van der Waals surface area contributed by atoms with Crippen LogP contribution in [0, 0.1) is 0 Å². The SMILES string of the molecule is C[C@H](Sc1nnc(Cc2cccs2)n1C1CC1)C(=O)NC1CCCCCC1. The van der Waals surface area contributed by atoms with Crippen LogP contribution in [-0.4, -0.2) is 32.0 Å². The molecule has 0 aliphatic heterocycles. The van der Waals surface area contributed by atoms with Crippen LogP contribution in [0.25, 0.3) is 0 Å². The summed E-state index contributed by atoms with van der Waals surface area (Å²) in [4.78, 5) is 14.0. The van der Waals surface area contributed by atoms with E-state index in [0.29, 0.717) is 12.1 Å². The predicted molar refractivity (Wildman–Crippen MR) is 110 cm³/mol. The number of amides is 1. The summed E-state index contributed by atoms with van der Waals surface area (Å²) in [6.45, 7) is 1.99. The molecule has 0 bridgehead atoms. The van der Waals surface area contributed by atoms with Crippen LogP contribution >= 0.6 is 23.1 Å². The lowest BCUT2D eigenvalue weighted by Crippen LogP contribution is -2.39. The molecule has 2 aliphatic carbocycles. The Hall–Kier alpha value is -1.34. The Morgan fingerprint density at radius 1 is 1.26 bits per heavy atom. The molecule has 1 atom stereocenters. The lowest BCUT2D eigenvalue weighted by Gasteiger charge is -2.19. The van der Waals surface area contributed by atoms with E-state index in [1.54, 1.807) is 23.1 Å². The quantitative estimate of drug-likeness (QED) is 0.542. The van der Waals surface area contributed by atoms with Crippen molar-refractivity contribution in [3.8, 4) is 0 Å². The Morgan fingerprint density at radius 3 is 2.70 bits per heavy atom. The Balaban J connectivity index is 1.40. The van der Waals surface area contributed by atoms with Crippen molar-refractivity contribution >= 4 is 29.0 Å². The van der Waals surface area contributed by atoms with Crippen molar-refractivity contribution in [3.63, 3.8) is 0 Å². The first kappa shape index (κ1) is 19.0. The molecule has 2 saturated carbocycles. The molecular weight excluding hydrogens is 376 g/mol. The molecule has 1 amide bonds. The number of thiophene rings is 1. The molecule has 5 nitrogen and oxygen atoms in total. The number of hydrogen-bond acceptors (Lipinski definition) is 5. The van der Waals surface area contributed by atoms with Gasteiger partial charge < -0.3 is 9.88 Å². The van der Waals surface area contributed by atoms with E-state index in [2.05, 4.69) is 37.6 Å². The standard InChI is InChI=1S/C20H28N4OS2/c1-14(19(25)21-15-7-4-2-3-5-8-15)27-20-23-22-18(24(20)16-10-11-16)13-17-9-6-12-26-17/h6,9,12,14-16H,2-5,7-8,10-11,13H2,1H3,(H,21,25)/t14-/m0/s1. The van der Waals surface area contributed by atoms with Crippen molar-refractivity contribution < 1.29 is 4.79 Å². The van der Waals surface area contributed by atoms with Gasteiger partial charge in [-0.1, -0.05) is 43.5 Å². The fourth-order valence-corrected chi connectivity index (χ4v) is 5.38. The van der Waals surface area contributed by atoms with Crippen LogP contribution < -0.4 is 5.32 Å². The number of aromatic nitrogens is 3. The molecule has 27 heavy (non-hydrogen) atoms. The van der Waals surface area contributed by atoms with Gasteiger partial charge in [-0.3, -0.25) is 4.79 Å². The number of carbonyl (C=O) groups is 1. The normalized spacial score (nSPS) is 19.6. The second-order valence-electron chi connectivity index (χ2n) is 7.71. The van der Waals surface area contributed by atoms with Gasteiger partial charge in [0.1, 0.15) is 5.82 Å². The molecule has 1 N–H and O–H groups in total. The number of carbonyl (C=O) groups excluding carboxylic acids is 1. The zero-order valence-corrected chi connectivity index (χ0v) is 17.5. The maximum Gasteiger partial charge on any atom is 0.233 e. The molecule has 2 aromatic rings. The van der Waals surface area contributed by atoms with E-state index >= 15 is 0 Å². The van der Waals surface area contributed by atoms with Crippen molar-refractivity contribution in [1.29, 1.82) is 0 Å². The summed E-state index contributed by atoms with van der Waals surface area (Å²) < 4.78 is 2.28. The average molecular weight is 405 g/mol. The van der Waals surface area contributed by atoms with Gasteiger partial charge in [0.05, 0.1) is 5.25 Å². The third-order valence-electron chi connectivity index (χ3n) is 5.41. The summed E-state index contributed by atoms with van der Waals surface area (Å²) in [6, 6.07) is 5.08. The molecule has 2 heterocycles. The number of thioether (sulfide) groups is 1. The van der Waals surface area contributed by atoms with E-state index in [9.17, 15) is 4.79 Å². The Morgan fingerprint density at radius 2 is 2.04 bits per heavy atom. The zero-order valence-electron chi connectivity index (χ0n) is 15.9. The van der Waals surface area contributed by atoms with Gasteiger partial charge in [-0.2, -0.15) is 0 Å². The van der Waals surface area contributed by atoms with Gasteiger partial charge in [0.25, 0.3) is 0 Å². The number of rotatable bonds is 7. The van der Waals surface area contributed by atoms with Crippen LogP contribution in [0.3, 0.4) is 0 Å². The molecule has 2 aliphatic rings. The fourth-order valence-electron chi connectivity index (χ4n) is 3.73. The summed E-state index contributed by atoms with van der Waals surface area (Å²) >= 11 is 3.31. The lowest BCUT2D eigenvalue weighted by atomic mass is 10.1. The minimum absolute atomic E-state index is 0.136. The zero-order chi connectivity index (χ0) is 18.6.